The van der Waals surface area contributed by atoms with Gasteiger partial charge in [-0.2, -0.15) is 0 Å². The van der Waals surface area contributed by atoms with Gasteiger partial charge < -0.3 is 10.1 Å². The van der Waals surface area contributed by atoms with Gasteiger partial charge in [0.15, 0.2) is 0 Å². The number of aromatic nitrogens is 1. The number of hydrogen-bond acceptors (Lipinski definition) is 7. The summed E-state index contributed by atoms with van der Waals surface area (Å²) in [6.07, 6.45) is 1.96. The van der Waals surface area contributed by atoms with Crippen molar-refractivity contribution in [2.45, 2.75) is 37.7 Å². The molecular formula is C26H26ClN3O6S. The van der Waals surface area contributed by atoms with Crippen LogP contribution in [-0.4, -0.2) is 43.8 Å². The fourth-order valence-electron chi connectivity index (χ4n) is 3.07. The summed E-state index contributed by atoms with van der Waals surface area (Å²) in [6, 6.07) is 15.1. The maximum Gasteiger partial charge on any atom is 0.357 e. The van der Waals surface area contributed by atoms with Gasteiger partial charge in [-0.15, -0.1) is 0 Å². The average molecular weight is 544 g/mol. The van der Waals surface area contributed by atoms with Crippen molar-refractivity contribution in [3.63, 3.8) is 0 Å². The van der Waals surface area contributed by atoms with Crippen LogP contribution >= 0.6 is 11.6 Å². The number of carbonyl (C=O) groups excluding carboxylic acids is 3. The van der Waals surface area contributed by atoms with E-state index in [1.54, 1.807) is 43.3 Å². The fourth-order valence-corrected chi connectivity index (χ4v) is 4.17. The third-order valence-corrected chi connectivity index (χ3v) is 6.98. The number of hydrogen-bond donors (Lipinski definition) is 2. The van der Waals surface area contributed by atoms with Crippen LogP contribution < -0.4 is 10.0 Å². The van der Waals surface area contributed by atoms with Gasteiger partial charge in [-0.05, 0) is 73.9 Å². The van der Waals surface area contributed by atoms with Crippen LogP contribution in [0.1, 0.15) is 57.0 Å². The van der Waals surface area contributed by atoms with E-state index in [1.165, 1.54) is 24.3 Å². The number of nitrogens with one attached hydrogen (secondary N) is 2. The van der Waals surface area contributed by atoms with Gasteiger partial charge in [0.05, 0.1) is 16.6 Å². The molecule has 1 heterocycles. The van der Waals surface area contributed by atoms with Crippen molar-refractivity contribution in [1.29, 1.82) is 0 Å². The van der Waals surface area contributed by atoms with Gasteiger partial charge in [0.25, 0.3) is 21.8 Å². The Morgan fingerprint density at radius 1 is 0.946 bits per heavy atom. The number of halogens is 1. The minimum Gasteiger partial charge on any atom is -0.458 e. The number of nitrogens with zero attached hydrogens (tertiary/aromatic N) is 1. The summed E-state index contributed by atoms with van der Waals surface area (Å²) < 4.78 is 32.5. The predicted octanol–water partition coefficient (Wildman–Crippen LogP) is 3.78. The summed E-state index contributed by atoms with van der Waals surface area (Å²) in [5.74, 6) is -1.75. The van der Waals surface area contributed by atoms with E-state index in [0.29, 0.717) is 30.0 Å². The molecule has 0 saturated heterocycles. The molecule has 1 aromatic heterocycles. The molecule has 9 nitrogen and oxygen atoms in total. The van der Waals surface area contributed by atoms with Crippen LogP contribution in [0.25, 0.3) is 0 Å². The summed E-state index contributed by atoms with van der Waals surface area (Å²) in [5, 5.41) is 3.33. The lowest BCUT2D eigenvalue weighted by molar-refractivity contribution is 0.0327. The van der Waals surface area contributed by atoms with Gasteiger partial charge in [-0.3, -0.25) is 9.59 Å². The number of sulfonamides is 1. The third kappa shape index (κ3) is 7.86. The van der Waals surface area contributed by atoms with Crippen LogP contribution in [0.4, 0.5) is 0 Å². The molecule has 2 N–H and O–H groups in total. The standard InChI is InChI=1S/C26H26ClN3O6S/c1-3-17(2)36-26(33)23-13-8-20(16-29-23)25(32)30-37(34,35)22-11-4-18(5-12-22)14-15-28-24(31)19-6-9-21(27)10-7-19/h4-13,16-17H,3,14-15H2,1-2H3,(H,28,31)(H,30,32)/t17-/m0/s1. The Kier molecular flexibility index (Phi) is 9.37. The first kappa shape index (κ1) is 27.8. The lowest BCUT2D eigenvalue weighted by Crippen LogP contribution is -2.30. The fraction of sp³-hybridized carbons (Fsp3) is 0.231. The number of ether oxygens (including phenoxy) is 1. The van der Waals surface area contributed by atoms with Crippen molar-refractivity contribution in [3.05, 3.63) is 94.3 Å². The molecule has 0 aliphatic heterocycles. The second-order valence-corrected chi connectivity index (χ2v) is 10.3. The molecule has 2 aromatic carbocycles. The second-order valence-electron chi connectivity index (χ2n) is 8.15. The molecule has 0 unspecified atom stereocenters. The normalized spacial score (nSPS) is 11.9. The summed E-state index contributed by atoms with van der Waals surface area (Å²) in [5.41, 5.74) is 1.26. The zero-order valence-electron chi connectivity index (χ0n) is 20.2. The summed E-state index contributed by atoms with van der Waals surface area (Å²) in [4.78, 5) is 40.4. The van der Waals surface area contributed by atoms with Crippen LogP contribution in [-0.2, 0) is 21.2 Å². The number of esters is 1. The van der Waals surface area contributed by atoms with Crippen LogP contribution in [0, 0.1) is 0 Å². The first-order valence-electron chi connectivity index (χ1n) is 11.5. The quantitative estimate of drug-likeness (QED) is 0.372. The number of carbonyl (C=O) groups is 3. The number of pyridine rings is 1. The summed E-state index contributed by atoms with van der Waals surface area (Å²) in [7, 11) is -4.14. The first-order chi connectivity index (χ1) is 17.6. The highest BCUT2D eigenvalue weighted by Gasteiger charge is 2.20. The molecule has 194 valence electrons. The van der Waals surface area contributed by atoms with Gasteiger partial charge in [-0.1, -0.05) is 30.7 Å². The van der Waals surface area contributed by atoms with Crippen molar-refractivity contribution in [2.24, 2.45) is 0 Å². The molecular weight excluding hydrogens is 518 g/mol. The smallest absolute Gasteiger partial charge is 0.357 e. The highest BCUT2D eigenvalue weighted by atomic mass is 35.5. The van der Waals surface area contributed by atoms with Crippen molar-refractivity contribution in [3.8, 4) is 0 Å². The van der Waals surface area contributed by atoms with Crippen molar-refractivity contribution in [2.75, 3.05) is 6.54 Å². The highest BCUT2D eigenvalue weighted by Crippen LogP contribution is 2.13. The molecule has 37 heavy (non-hydrogen) atoms. The van der Waals surface area contributed by atoms with Gasteiger partial charge in [-0.25, -0.2) is 22.9 Å². The zero-order chi connectivity index (χ0) is 27.0. The van der Waals surface area contributed by atoms with Crippen LogP contribution in [0.2, 0.25) is 5.02 Å². The molecule has 1 atom stereocenters. The van der Waals surface area contributed by atoms with Crippen LogP contribution in [0.5, 0.6) is 0 Å². The van der Waals surface area contributed by atoms with Crippen molar-refractivity contribution >= 4 is 39.4 Å². The van der Waals surface area contributed by atoms with Crippen molar-refractivity contribution in [1.82, 2.24) is 15.0 Å². The zero-order valence-corrected chi connectivity index (χ0v) is 21.8. The first-order valence-corrected chi connectivity index (χ1v) is 13.3. The highest BCUT2D eigenvalue weighted by molar-refractivity contribution is 7.90. The SMILES string of the molecule is CC[C@H](C)OC(=O)c1ccc(C(=O)NS(=O)(=O)c2ccc(CCNC(=O)c3ccc(Cl)cc3)cc2)cn1. The molecule has 0 aliphatic rings. The van der Waals surface area contributed by atoms with Gasteiger partial charge in [0.2, 0.25) is 0 Å². The number of rotatable bonds is 10. The summed E-state index contributed by atoms with van der Waals surface area (Å²) in [6.45, 7) is 3.96. The Labute approximate surface area is 220 Å². The monoisotopic (exact) mass is 543 g/mol. The molecule has 11 heteroatoms. The van der Waals surface area contributed by atoms with Gasteiger partial charge >= 0.3 is 5.97 Å². The average Bonchev–Trinajstić information content (AvgIpc) is 2.89. The van der Waals surface area contributed by atoms with E-state index in [2.05, 4.69) is 10.3 Å². The predicted molar refractivity (Wildman–Crippen MR) is 138 cm³/mol. The Bertz CT molecular complexity index is 1360. The lowest BCUT2D eigenvalue weighted by Gasteiger charge is -2.11. The van der Waals surface area contributed by atoms with Gasteiger partial charge in [0, 0.05) is 23.3 Å². The minimum absolute atomic E-state index is 0.0136. The van der Waals surface area contributed by atoms with E-state index < -0.39 is 21.9 Å². The molecule has 0 aliphatic carbocycles. The van der Waals surface area contributed by atoms with E-state index in [1.807, 2.05) is 11.6 Å². The minimum atomic E-state index is -4.14. The van der Waals surface area contributed by atoms with E-state index in [9.17, 15) is 22.8 Å². The third-order valence-electron chi connectivity index (χ3n) is 5.38. The summed E-state index contributed by atoms with van der Waals surface area (Å²) >= 11 is 5.82. The van der Waals surface area contributed by atoms with E-state index in [0.717, 1.165) is 11.8 Å². The maximum atomic E-state index is 12.6. The van der Waals surface area contributed by atoms with E-state index in [-0.39, 0.29) is 28.2 Å². The van der Waals surface area contributed by atoms with E-state index >= 15 is 0 Å². The van der Waals surface area contributed by atoms with Crippen LogP contribution in [0.3, 0.4) is 0 Å². The molecule has 0 bridgehead atoms. The number of benzene rings is 2. The second kappa shape index (κ2) is 12.5. The van der Waals surface area contributed by atoms with Crippen molar-refractivity contribution < 1.29 is 27.5 Å². The molecule has 0 spiro atoms. The van der Waals surface area contributed by atoms with Crippen LogP contribution in [0.15, 0.2) is 71.8 Å². The lowest BCUT2D eigenvalue weighted by atomic mass is 10.1. The Morgan fingerprint density at radius 3 is 2.19 bits per heavy atom. The molecule has 0 radical (unpaired) electrons. The topological polar surface area (TPSA) is 132 Å². The molecule has 0 fully saturated rings. The Hall–Kier alpha value is -3.76. The van der Waals surface area contributed by atoms with Gasteiger partial charge in [0.1, 0.15) is 5.69 Å². The molecule has 3 rings (SSSR count). The Morgan fingerprint density at radius 2 is 1.59 bits per heavy atom. The van der Waals surface area contributed by atoms with E-state index in [4.69, 9.17) is 16.3 Å². The number of amides is 2. The maximum absolute atomic E-state index is 12.6. The largest absolute Gasteiger partial charge is 0.458 e. The molecule has 0 saturated carbocycles. The molecule has 2 amide bonds. The Balaban J connectivity index is 1.54. The molecule has 3 aromatic rings.